The van der Waals surface area contributed by atoms with Gasteiger partial charge in [0.15, 0.2) is 0 Å². The first-order valence-electron chi connectivity index (χ1n) is 5.50. The van der Waals surface area contributed by atoms with E-state index in [1.54, 1.807) is 37.3 Å². The van der Waals surface area contributed by atoms with Crippen LogP contribution in [-0.4, -0.2) is 0 Å². The Morgan fingerprint density at radius 3 is 2.61 bits per heavy atom. The van der Waals surface area contributed by atoms with Gasteiger partial charge in [-0.05, 0) is 42.3 Å². The van der Waals surface area contributed by atoms with Gasteiger partial charge in [0.1, 0.15) is 5.82 Å². The lowest BCUT2D eigenvalue weighted by Crippen LogP contribution is -2.00. The van der Waals surface area contributed by atoms with Crippen molar-refractivity contribution >= 4 is 28.9 Å². The number of hydrogen-bond acceptors (Lipinski definition) is 1. The van der Waals surface area contributed by atoms with Gasteiger partial charge >= 0.3 is 0 Å². The summed E-state index contributed by atoms with van der Waals surface area (Å²) in [5.41, 5.74) is 2.39. The molecule has 2 aromatic rings. The lowest BCUT2D eigenvalue weighted by atomic mass is 10.1. The Labute approximate surface area is 116 Å². The molecule has 0 bridgehead atoms. The van der Waals surface area contributed by atoms with E-state index in [0.717, 1.165) is 11.3 Å². The molecule has 0 radical (unpaired) electrons. The zero-order valence-electron chi connectivity index (χ0n) is 9.81. The lowest BCUT2D eigenvalue weighted by Gasteiger charge is -2.09. The number of benzene rings is 2. The second-order valence-electron chi connectivity index (χ2n) is 4.06. The van der Waals surface area contributed by atoms with Crippen molar-refractivity contribution < 1.29 is 4.39 Å². The van der Waals surface area contributed by atoms with Crippen LogP contribution >= 0.6 is 23.2 Å². The molecule has 0 spiro atoms. The van der Waals surface area contributed by atoms with E-state index in [1.165, 1.54) is 6.07 Å². The number of aryl methyl sites for hydroxylation is 1. The van der Waals surface area contributed by atoms with E-state index < -0.39 is 0 Å². The first-order chi connectivity index (χ1) is 8.56. The maximum atomic E-state index is 13.1. The first-order valence-corrected chi connectivity index (χ1v) is 6.26. The second-order valence-corrected chi connectivity index (χ2v) is 4.90. The number of anilines is 1. The fourth-order valence-electron chi connectivity index (χ4n) is 1.65. The zero-order valence-corrected chi connectivity index (χ0v) is 11.3. The van der Waals surface area contributed by atoms with Crippen molar-refractivity contribution in [3.63, 3.8) is 0 Å². The molecule has 0 aromatic heterocycles. The van der Waals surface area contributed by atoms with Crippen LogP contribution in [-0.2, 0) is 6.54 Å². The Kier molecular flexibility index (Phi) is 4.10. The van der Waals surface area contributed by atoms with Crippen LogP contribution in [0.1, 0.15) is 11.1 Å². The second kappa shape index (κ2) is 5.59. The van der Waals surface area contributed by atoms with Crippen LogP contribution in [0.2, 0.25) is 10.0 Å². The Bertz CT molecular complexity index is 570. The highest BCUT2D eigenvalue weighted by Gasteiger charge is 2.02. The normalized spacial score (nSPS) is 10.4. The molecule has 18 heavy (non-hydrogen) atoms. The molecule has 2 rings (SSSR count). The summed E-state index contributed by atoms with van der Waals surface area (Å²) in [6.07, 6.45) is 0. The van der Waals surface area contributed by atoms with E-state index in [0.29, 0.717) is 22.2 Å². The molecule has 0 aliphatic rings. The molecule has 1 N–H and O–H groups in total. The SMILES string of the molecule is Cc1cc(CNc2cc(Cl)ccc2Cl)ccc1F. The summed E-state index contributed by atoms with van der Waals surface area (Å²) < 4.78 is 13.1. The standard InChI is InChI=1S/C14H12Cl2FN/c1-9-6-10(2-5-13(9)17)8-18-14-7-11(15)3-4-12(14)16/h2-7,18H,8H2,1H3. The average Bonchev–Trinajstić information content (AvgIpc) is 2.34. The minimum atomic E-state index is -0.195. The van der Waals surface area contributed by atoms with Crippen LogP contribution in [0.25, 0.3) is 0 Å². The molecule has 0 saturated heterocycles. The van der Waals surface area contributed by atoms with Gasteiger partial charge in [-0.3, -0.25) is 0 Å². The molecule has 0 aliphatic heterocycles. The van der Waals surface area contributed by atoms with Crippen LogP contribution in [0.15, 0.2) is 36.4 Å². The monoisotopic (exact) mass is 283 g/mol. The Morgan fingerprint density at radius 2 is 1.89 bits per heavy atom. The van der Waals surface area contributed by atoms with Gasteiger partial charge in [-0.1, -0.05) is 35.3 Å². The smallest absolute Gasteiger partial charge is 0.126 e. The van der Waals surface area contributed by atoms with Crippen molar-refractivity contribution in [3.05, 3.63) is 63.4 Å². The van der Waals surface area contributed by atoms with E-state index in [9.17, 15) is 4.39 Å². The highest BCUT2D eigenvalue weighted by atomic mass is 35.5. The number of hydrogen-bond donors (Lipinski definition) is 1. The van der Waals surface area contributed by atoms with E-state index in [1.807, 2.05) is 0 Å². The van der Waals surface area contributed by atoms with Gasteiger partial charge in [0.05, 0.1) is 10.7 Å². The third-order valence-corrected chi connectivity index (χ3v) is 3.20. The van der Waals surface area contributed by atoms with E-state index in [4.69, 9.17) is 23.2 Å². The Morgan fingerprint density at radius 1 is 1.11 bits per heavy atom. The molecular weight excluding hydrogens is 272 g/mol. The molecule has 0 amide bonds. The molecule has 0 saturated carbocycles. The summed E-state index contributed by atoms with van der Waals surface area (Å²) in [5.74, 6) is -0.195. The third kappa shape index (κ3) is 3.15. The molecule has 0 atom stereocenters. The van der Waals surface area contributed by atoms with Crippen LogP contribution in [0.4, 0.5) is 10.1 Å². The average molecular weight is 284 g/mol. The number of rotatable bonds is 3. The summed E-state index contributed by atoms with van der Waals surface area (Å²) in [7, 11) is 0. The third-order valence-electron chi connectivity index (χ3n) is 2.63. The highest BCUT2D eigenvalue weighted by molar-refractivity contribution is 6.35. The minimum Gasteiger partial charge on any atom is -0.380 e. The minimum absolute atomic E-state index is 0.195. The first kappa shape index (κ1) is 13.2. The predicted octanol–water partition coefficient (Wildman–Crippen LogP) is 5.05. The van der Waals surface area contributed by atoms with Crippen molar-refractivity contribution in [1.82, 2.24) is 0 Å². The largest absolute Gasteiger partial charge is 0.380 e. The molecule has 0 aliphatic carbocycles. The van der Waals surface area contributed by atoms with Crippen LogP contribution < -0.4 is 5.32 Å². The van der Waals surface area contributed by atoms with E-state index >= 15 is 0 Å². The maximum Gasteiger partial charge on any atom is 0.126 e. The van der Waals surface area contributed by atoms with Crippen molar-refractivity contribution in [2.45, 2.75) is 13.5 Å². The van der Waals surface area contributed by atoms with Gasteiger partial charge in [-0.2, -0.15) is 0 Å². The molecule has 1 nitrogen and oxygen atoms in total. The quantitative estimate of drug-likeness (QED) is 0.831. The fraction of sp³-hybridized carbons (Fsp3) is 0.143. The summed E-state index contributed by atoms with van der Waals surface area (Å²) in [5, 5.41) is 4.41. The molecule has 4 heteroatoms. The van der Waals surface area contributed by atoms with Crippen molar-refractivity contribution in [2.24, 2.45) is 0 Å². The number of halogens is 3. The van der Waals surface area contributed by atoms with Crippen molar-refractivity contribution in [1.29, 1.82) is 0 Å². The van der Waals surface area contributed by atoms with Gasteiger partial charge in [0.25, 0.3) is 0 Å². The Hall–Kier alpha value is -1.25. The Balaban J connectivity index is 2.11. The van der Waals surface area contributed by atoms with Crippen molar-refractivity contribution in [3.8, 4) is 0 Å². The molecule has 94 valence electrons. The van der Waals surface area contributed by atoms with E-state index in [-0.39, 0.29) is 5.82 Å². The van der Waals surface area contributed by atoms with Gasteiger partial charge in [0, 0.05) is 11.6 Å². The van der Waals surface area contributed by atoms with Gasteiger partial charge in [-0.15, -0.1) is 0 Å². The van der Waals surface area contributed by atoms with E-state index in [2.05, 4.69) is 5.32 Å². The summed E-state index contributed by atoms with van der Waals surface area (Å²) in [6, 6.07) is 10.3. The summed E-state index contributed by atoms with van der Waals surface area (Å²) in [4.78, 5) is 0. The topological polar surface area (TPSA) is 12.0 Å². The number of nitrogens with one attached hydrogen (secondary N) is 1. The van der Waals surface area contributed by atoms with Crippen LogP contribution in [0.3, 0.4) is 0 Å². The molecule has 0 heterocycles. The van der Waals surface area contributed by atoms with Gasteiger partial charge in [0.2, 0.25) is 0 Å². The molecule has 0 unspecified atom stereocenters. The van der Waals surface area contributed by atoms with Crippen LogP contribution in [0.5, 0.6) is 0 Å². The lowest BCUT2D eigenvalue weighted by molar-refractivity contribution is 0.617. The maximum absolute atomic E-state index is 13.1. The van der Waals surface area contributed by atoms with Crippen molar-refractivity contribution in [2.75, 3.05) is 5.32 Å². The molecule has 0 fully saturated rings. The van der Waals surface area contributed by atoms with Gasteiger partial charge < -0.3 is 5.32 Å². The fourth-order valence-corrected chi connectivity index (χ4v) is 2.00. The molecular formula is C14H12Cl2FN. The summed E-state index contributed by atoms with van der Waals surface area (Å²) >= 11 is 11.9. The van der Waals surface area contributed by atoms with Crippen LogP contribution in [0, 0.1) is 12.7 Å². The molecule has 2 aromatic carbocycles. The predicted molar refractivity (Wildman–Crippen MR) is 74.9 cm³/mol. The summed E-state index contributed by atoms with van der Waals surface area (Å²) in [6.45, 7) is 2.31. The highest BCUT2D eigenvalue weighted by Crippen LogP contribution is 2.26. The zero-order chi connectivity index (χ0) is 13.1. The van der Waals surface area contributed by atoms with Gasteiger partial charge in [-0.25, -0.2) is 4.39 Å².